The predicted molar refractivity (Wildman–Crippen MR) is 102 cm³/mol. The number of nitrogens with one attached hydrogen (secondary N) is 1. The Kier molecular flexibility index (Phi) is 7.52. The van der Waals surface area contributed by atoms with E-state index in [1.54, 1.807) is 25.1 Å². The van der Waals surface area contributed by atoms with Gasteiger partial charge in [-0.25, -0.2) is 4.79 Å². The van der Waals surface area contributed by atoms with Crippen molar-refractivity contribution in [3.05, 3.63) is 64.7 Å². The number of hydrogen-bond donors (Lipinski definition) is 1. The summed E-state index contributed by atoms with van der Waals surface area (Å²) in [6.45, 7) is 0.298. The minimum Gasteiger partial charge on any atom is -0.449 e. The summed E-state index contributed by atoms with van der Waals surface area (Å²) in [5.41, 5.74) is 1.81. The van der Waals surface area contributed by atoms with Crippen molar-refractivity contribution in [1.82, 2.24) is 0 Å². The molecule has 2 rings (SSSR count). The van der Waals surface area contributed by atoms with Gasteiger partial charge in [0.05, 0.1) is 0 Å². The van der Waals surface area contributed by atoms with Crippen LogP contribution in [-0.2, 0) is 14.3 Å². The van der Waals surface area contributed by atoms with Crippen LogP contribution < -0.4 is 10.1 Å². The van der Waals surface area contributed by atoms with Gasteiger partial charge in [-0.1, -0.05) is 29.8 Å². The van der Waals surface area contributed by atoms with E-state index in [0.29, 0.717) is 21.8 Å². The number of amides is 1. The molecule has 0 heterocycles. The van der Waals surface area contributed by atoms with Crippen LogP contribution in [0.15, 0.2) is 48.5 Å². The number of esters is 1. The van der Waals surface area contributed by atoms with Crippen LogP contribution in [0.4, 0.5) is 14.5 Å². The molecule has 0 spiro atoms. The van der Waals surface area contributed by atoms with E-state index in [2.05, 4.69) is 10.1 Å². The van der Waals surface area contributed by atoms with Crippen molar-refractivity contribution in [1.29, 1.82) is 0 Å². The van der Waals surface area contributed by atoms with Gasteiger partial charge in [0.25, 0.3) is 5.91 Å². The summed E-state index contributed by atoms with van der Waals surface area (Å²) in [5, 5.41) is 3.16. The fraction of sp³-hybridized carbons (Fsp3) is 0.200. The van der Waals surface area contributed by atoms with E-state index in [1.165, 1.54) is 37.3 Å². The fourth-order valence-corrected chi connectivity index (χ4v) is 2.34. The highest BCUT2D eigenvalue weighted by atomic mass is 35.5. The number of ether oxygens (including phenoxy) is 2. The van der Waals surface area contributed by atoms with Gasteiger partial charge in [0.15, 0.2) is 6.10 Å². The predicted octanol–water partition coefficient (Wildman–Crippen LogP) is 4.83. The Bertz CT molecular complexity index is 869. The maximum Gasteiger partial charge on any atom is 0.387 e. The number of hydrogen-bond acceptors (Lipinski definition) is 4. The van der Waals surface area contributed by atoms with E-state index in [9.17, 15) is 18.4 Å². The number of carbonyl (C=O) groups is 2. The van der Waals surface area contributed by atoms with Crippen molar-refractivity contribution < 1.29 is 27.8 Å². The minimum atomic E-state index is -2.90. The van der Waals surface area contributed by atoms with E-state index in [0.717, 1.165) is 6.08 Å². The van der Waals surface area contributed by atoms with Gasteiger partial charge in [-0.15, -0.1) is 0 Å². The average molecular weight is 410 g/mol. The number of rotatable bonds is 7. The third-order valence-electron chi connectivity index (χ3n) is 3.70. The van der Waals surface area contributed by atoms with Gasteiger partial charge < -0.3 is 14.8 Å². The van der Waals surface area contributed by atoms with Crippen LogP contribution in [0.1, 0.15) is 18.1 Å². The van der Waals surface area contributed by atoms with Crippen LogP contribution in [0.25, 0.3) is 6.08 Å². The van der Waals surface area contributed by atoms with Crippen LogP contribution in [-0.4, -0.2) is 24.6 Å². The van der Waals surface area contributed by atoms with Crippen LogP contribution in [0.5, 0.6) is 5.75 Å². The summed E-state index contributed by atoms with van der Waals surface area (Å²) in [6.07, 6.45) is 1.54. The second-order valence-corrected chi connectivity index (χ2v) is 6.17. The molecule has 148 valence electrons. The van der Waals surface area contributed by atoms with Crippen LogP contribution in [0, 0.1) is 6.92 Å². The molecule has 0 fully saturated rings. The van der Waals surface area contributed by atoms with E-state index < -0.39 is 24.6 Å². The molecular weight excluding hydrogens is 392 g/mol. The molecule has 1 N–H and O–H groups in total. The first-order chi connectivity index (χ1) is 13.3. The molecule has 1 atom stereocenters. The number of alkyl halides is 2. The van der Waals surface area contributed by atoms with Gasteiger partial charge in [0, 0.05) is 16.8 Å². The third-order valence-corrected chi connectivity index (χ3v) is 4.11. The lowest BCUT2D eigenvalue weighted by Gasteiger charge is -2.14. The molecule has 2 aromatic carbocycles. The Morgan fingerprint density at radius 2 is 1.82 bits per heavy atom. The third kappa shape index (κ3) is 6.35. The van der Waals surface area contributed by atoms with Crippen molar-refractivity contribution in [2.24, 2.45) is 0 Å². The highest BCUT2D eigenvalue weighted by Crippen LogP contribution is 2.23. The van der Waals surface area contributed by atoms with E-state index >= 15 is 0 Å². The summed E-state index contributed by atoms with van der Waals surface area (Å²) >= 11 is 6.00. The summed E-state index contributed by atoms with van der Waals surface area (Å²) in [4.78, 5) is 24.1. The van der Waals surface area contributed by atoms with Crippen LogP contribution in [0.2, 0.25) is 5.02 Å². The maximum atomic E-state index is 12.2. The maximum absolute atomic E-state index is 12.2. The molecule has 0 radical (unpaired) electrons. The molecule has 28 heavy (non-hydrogen) atoms. The standard InChI is InChI=1S/C20H18ClF2NO4/c1-12-16(21)4-3-5-17(12)24-19(26)13(2)27-18(25)11-8-14-6-9-15(10-7-14)28-20(22)23/h3-11,13,20H,1-2H3,(H,24,26)/b11-8+/t13-/m1/s1. The average Bonchev–Trinajstić information content (AvgIpc) is 2.64. The van der Waals surface area contributed by atoms with Crippen molar-refractivity contribution in [3.63, 3.8) is 0 Å². The van der Waals surface area contributed by atoms with Gasteiger partial charge in [0.2, 0.25) is 0 Å². The normalized spacial score (nSPS) is 12.1. The first-order valence-corrected chi connectivity index (χ1v) is 8.63. The highest BCUT2D eigenvalue weighted by molar-refractivity contribution is 6.31. The quantitative estimate of drug-likeness (QED) is 0.525. The Morgan fingerprint density at radius 3 is 2.46 bits per heavy atom. The molecule has 0 aliphatic carbocycles. The fourth-order valence-electron chi connectivity index (χ4n) is 2.17. The minimum absolute atomic E-state index is 0.0105. The molecule has 0 unspecified atom stereocenters. The summed E-state index contributed by atoms with van der Waals surface area (Å²) in [7, 11) is 0. The summed E-state index contributed by atoms with van der Waals surface area (Å²) < 4.78 is 33.5. The Hall–Kier alpha value is -2.93. The zero-order valence-electron chi connectivity index (χ0n) is 15.1. The van der Waals surface area contributed by atoms with Crippen LogP contribution >= 0.6 is 11.6 Å². The molecule has 1 amide bonds. The van der Waals surface area contributed by atoms with Gasteiger partial charge in [0.1, 0.15) is 5.75 Å². The number of anilines is 1. The second kappa shape index (κ2) is 9.85. The molecule has 0 aliphatic rings. The van der Waals surface area contributed by atoms with Gasteiger partial charge >= 0.3 is 12.6 Å². The van der Waals surface area contributed by atoms with Gasteiger partial charge in [-0.3, -0.25) is 4.79 Å². The lowest BCUT2D eigenvalue weighted by Crippen LogP contribution is -2.29. The zero-order chi connectivity index (χ0) is 20.7. The Labute approximate surface area is 165 Å². The first-order valence-electron chi connectivity index (χ1n) is 8.26. The van der Waals surface area contributed by atoms with Crippen molar-refractivity contribution >= 4 is 35.2 Å². The number of carbonyl (C=O) groups excluding carboxylic acids is 2. The van der Waals surface area contributed by atoms with Crippen molar-refractivity contribution in [2.45, 2.75) is 26.6 Å². The molecule has 5 nitrogen and oxygen atoms in total. The molecule has 0 saturated heterocycles. The lowest BCUT2D eigenvalue weighted by atomic mass is 10.2. The van der Waals surface area contributed by atoms with E-state index in [1.807, 2.05) is 0 Å². The molecule has 0 aliphatic heterocycles. The topological polar surface area (TPSA) is 64.6 Å². The number of benzene rings is 2. The lowest BCUT2D eigenvalue weighted by molar-refractivity contribution is -0.148. The zero-order valence-corrected chi connectivity index (χ0v) is 15.9. The molecule has 0 aromatic heterocycles. The largest absolute Gasteiger partial charge is 0.449 e. The Morgan fingerprint density at radius 1 is 1.14 bits per heavy atom. The summed E-state index contributed by atoms with van der Waals surface area (Å²) in [5.74, 6) is -1.21. The van der Waals surface area contributed by atoms with E-state index in [-0.39, 0.29) is 5.75 Å². The summed E-state index contributed by atoms with van der Waals surface area (Å²) in [6, 6.07) is 10.8. The van der Waals surface area contributed by atoms with E-state index in [4.69, 9.17) is 16.3 Å². The molecule has 8 heteroatoms. The molecule has 0 saturated carbocycles. The monoisotopic (exact) mass is 409 g/mol. The highest BCUT2D eigenvalue weighted by Gasteiger charge is 2.17. The first kappa shape index (κ1) is 21.4. The number of halogens is 3. The van der Waals surface area contributed by atoms with Gasteiger partial charge in [-0.2, -0.15) is 8.78 Å². The van der Waals surface area contributed by atoms with Crippen LogP contribution in [0.3, 0.4) is 0 Å². The van der Waals surface area contributed by atoms with Crippen molar-refractivity contribution in [3.8, 4) is 5.75 Å². The van der Waals surface area contributed by atoms with Gasteiger partial charge in [-0.05, 0) is 55.3 Å². The SMILES string of the molecule is Cc1c(Cl)cccc1NC(=O)[C@@H](C)OC(=O)/C=C/c1ccc(OC(F)F)cc1. The smallest absolute Gasteiger partial charge is 0.387 e. The molecule has 0 bridgehead atoms. The second-order valence-electron chi connectivity index (χ2n) is 5.76. The molecular formula is C20H18ClF2NO4. The Balaban J connectivity index is 1.90. The molecule has 2 aromatic rings. The van der Waals surface area contributed by atoms with Crippen molar-refractivity contribution in [2.75, 3.05) is 5.32 Å².